The van der Waals surface area contributed by atoms with Crippen molar-refractivity contribution in [2.45, 2.75) is 32.1 Å². The fraction of sp³-hybridized carbons (Fsp3) is 0.208. The molecule has 1 unspecified atom stereocenters. The summed E-state index contributed by atoms with van der Waals surface area (Å²) in [4.78, 5) is 14.9. The molecule has 0 radical (unpaired) electrons. The molecular weight excluding hydrogens is 389 g/mol. The van der Waals surface area contributed by atoms with Crippen molar-refractivity contribution in [3.63, 3.8) is 0 Å². The van der Waals surface area contributed by atoms with Gasteiger partial charge >= 0.3 is 6.18 Å². The number of alkyl halides is 3. The van der Waals surface area contributed by atoms with Crippen molar-refractivity contribution >= 4 is 17.3 Å². The lowest BCUT2D eigenvalue weighted by atomic mass is 9.99. The summed E-state index contributed by atoms with van der Waals surface area (Å²) in [5.41, 5.74) is 2.43. The predicted molar refractivity (Wildman–Crippen MR) is 112 cm³/mol. The second-order valence-corrected chi connectivity index (χ2v) is 7.64. The van der Waals surface area contributed by atoms with Crippen LogP contribution in [0.1, 0.15) is 53.0 Å². The van der Waals surface area contributed by atoms with Crippen LogP contribution in [-0.4, -0.2) is 5.91 Å². The Morgan fingerprint density at radius 3 is 2.30 bits per heavy atom. The maximum atomic E-state index is 13.4. The number of hydrogen-bond donors (Lipinski definition) is 1. The van der Waals surface area contributed by atoms with E-state index in [4.69, 9.17) is 0 Å². The highest BCUT2D eigenvalue weighted by molar-refractivity contribution is 6.12. The Morgan fingerprint density at radius 2 is 1.63 bits per heavy atom. The highest BCUT2D eigenvalue weighted by Gasteiger charge is 2.36. The van der Waals surface area contributed by atoms with Crippen LogP contribution in [0.2, 0.25) is 0 Å². The molecule has 0 aliphatic carbocycles. The van der Waals surface area contributed by atoms with E-state index in [-0.39, 0.29) is 5.91 Å². The number of nitrogens with one attached hydrogen (secondary N) is 1. The number of para-hydroxylation sites is 1. The molecule has 0 saturated carbocycles. The molecule has 4 rings (SSSR count). The maximum Gasteiger partial charge on any atom is 0.416 e. The van der Waals surface area contributed by atoms with Crippen molar-refractivity contribution in [1.82, 2.24) is 0 Å². The van der Waals surface area contributed by atoms with Gasteiger partial charge in [0.05, 0.1) is 11.1 Å². The van der Waals surface area contributed by atoms with Gasteiger partial charge in [0.1, 0.15) is 6.17 Å². The van der Waals surface area contributed by atoms with Gasteiger partial charge in [-0.2, -0.15) is 13.2 Å². The topological polar surface area (TPSA) is 32.3 Å². The standard InChI is InChI=1S/C24H21F3N2O/c1-15(2)16-10-12-19(13-11-16)29-22(17-6-5-7-18(14-17)24(25,26)27)28-21-9-4-3-8-20(21)23(29)30/h3-15,22,28H,1-2H3. The number of rotatable bonds is 3. The van der Waals surface area contributed by atoms with E-state index in [9.17, 15) is 18.0 Å². The number of carbonyl (C=O) groups is 1. The summed E-state index contributed by atoms with van der Waals surface area (Å²) in [6.07, 6.45) is -5.23. The summed E-state index contributed by atoms with van der Waals surface area (Å²) in [6, 6.07) is 19.7. The van der Waals surface area contributed by atoms with Crippen molar-refractivity contribution in [3.8, 4) is 0 Å². The monoisotopic (exact) mass is 410 g/mol. The van der Waals surface area contributed by atoms with Gasteiger partial charge in [-0.05, 0) is 53.4 Å². The second-order valence-electron chi connectivity index (χ2n) is 7.64. The lowest BCUT2D eigenvalue weighted by molar-refractivity contribution is -0.137. The SMILES string of the molecule is CC(C)c1ccc(N2C(=O)c3ccccc3NC2c2cccc(C(F)(F)F)c2)cc1. The quantitative estimate of drug-likeness (QED) is 0.528. The summed E-state index contributed by atoms with van der Waals surface area (Å²) in [5, 5.41) is 3.25. The van der Waals surface area contributed by atoms with Crippen LogP contribution in [0, 0.1) is 0 Å². The van der Waals surface area contributed by atoms with Crippen molar-refractivity contribution in [3.05, 3.63) is 95.1 Å². The predicted octanol–water partition coefficient (Wildman–Crippen LogP) is 6.60. The molecule has 30 heavy (non-hydrogen) atoms. The van der Waals surface area contributed by atoms with E-state index in [2.05, 4.69) is 19.2 Å². The molecule has 1 heterocycles. The molecule has 1 aliphatic rings. The molecular formula is C24H21F3N2O. The number of hydrogen-bond acceptors (Lipinski definition) is 2. The highest BCUT2D eigenvalue weighted by Crippen LogP contribution is 2.38. The first-order valence-electron chi connectivity index (χ1n) is 9.72. The summed E-state index contributed by atoms with van der Waals surface area (Å²) < 4.78 is 39.9. The van der Waals surface area contributed by atoms with Crippen molar-refractivity contribution in [2.24, 2.45) is 0 Å². The number of halogens is 3. The molecule has 6 heteroatoms. The number of amides is 1. The third-order valence-electron chi connectivity index (χ3n) is 5.29. The fourth-order valence-electron chi connectivity index (χ4n) is 3.66. The third-order valence-corrected chi connectivity index (χ3v) is 5.29. The first-order chi connectivity index (χ1) is 14.3. The number of nitrogens with zero attached hydrogens (tertiary/aromatic N) is 1. The van der Waals surface area contributed by atoms with Gasteiger partial charge in [0, 0.05) is 11.4 Å². The number of anilines is 2. The summed E-state index contributed by atoms with van der Waals surface area (Å²) in [6.45, 7) is 4.15. The molecule has 1 atom stereocenters. The van der Waals surface area contributed by atoms with Crippen LogP contribution in [0.4, 0.5) is 24.5 Å². The van der Waals surface area contributed by atoms with Gasteiger partial charge in [0.15, 0.2) is 0 Å². The Hall–Kier alpha value is -3.28. The Bertz CT molecular complexity index is 1070. The molecule has 0 bridgehead atoms. The second kappa shape index (κ2) is 7.52. The summed E-state index contributed by atoms with van der Waals surface area (Å²) in [5.74, 6) is 0.0679. The molecule has 3 aromatic carbocycles. The minimum atomic E-state index is -4.46. The molecule has 0 fully saturated rings. The van der Waals surface area contributed by atoms with Crippen molar-refractivity contribution < 1.29 is 18.0 Å². The largest absolute Gasteiger partial charge is 0.416 e. The van der Waals surface area contributed by atoms with Crippen LogP contribution in [0.25, 0.3) is 0 Å². The summed E-state index contributed by atoms with van der Waals surface area (Å²) >= 11 is 0. The smallest absolute Gasteiger partial charge is 0.360 e. The van der Waals surface area contributed by atoms with Gasteiger partial charge < -0.3 is 5.32 Å². The average Bonchev–Trinajstić information content (AvgIpc) is 2.73. The van der Waals surface area contributed by atoms with Crippen LogP contribution in [0.5, 0.6) is 0 Å². The third kappa shape index (κ3) is 3.65. The van der Waals surface area contributed by atoms with Gasteiger partial charge in [-0.25, -0.2) is 0 Å². The molecule has 1 aliphatic heterocycles. The average molecular weight is 410 g/mol. The van der Waals surface area contributed by atoms with Crippen LogP contribution >= 0.6 is 0 Å². The summed E-state index contributed by atoms with van der Waals surface area (Å²) in [7, 11) is 0. The van der Waals surface area contributed by atoms with Crippen molar-refractivity contribution in [2.75, 3.05) is 10.2 Å². The molecule has 3 aromatic rings. The number of fused-ring (bicyclic) bond motifs is 1. The maximum absolute atomic E-state index is 13.4. The highest BCUT2D eigenvalue weighted by atomic mass is 19.4. The Morgan fingerprint density at radius 1 is 0.933 bits per heavy atom. The van der Waals surface area contributed by atoms with Gasteiger partial charge in [0.25, 0.3) is 5.91 Å². The van der Waals surface area contributed by atoms with Crippen LogP contribution < -0.4 is 10.2 Å². The zero-order valence-electron chi connectivity index (χ0n) is 16.6. The zero-order chi connectivity index (χ0) is 21.5. The van der Waals surface area contributed by atoms with E-state index in [0.717, 1.165) is 17.7 Å². The van der Waals surface area contributed by atoms with Crippen LogP contribution in [0.15, 0.2) is 72.8 Å². The number of carbonyl (C=O) groups excluding carboxylic acids is 1. The molecule has 0 aromatic heterocycles. The zero-order valence-corrected chi connectivity index (χ0v) is 16.6. The molecule has 3 nitrogen and oxygen atoms in total. The Labute approximate surface area is 173 Å². The minimum Gasteiger partial charge on any atom is -0.360 e. The first kappa shape index (κ1) is 20.0. The van der Waals surface area contributed by atoms with E-state index in [0.29, 0.717) is 28.4 Å². The van der Waals surface area contributed by atoms with Crippen molar-refractivity contribution in [1.29, 1.82) is 0 Å². The first-order valence-corrected chi connectivity index (χ1v) is 9.72. The van der Waals surface area contributed by atoms with Gasteiger partial charge in [-0.1, -0.05) is 50.2 Å². The van der Waals surface area contributed by atoms with E-state index in [1.807, 2.05) is 24.3 Å². The Kier molecular flexibility index (Phi) is 5.02. The number of benzene rings is 3. The molecule has 0 spiro atoms. The molecule has 1 N–H and O–H groups in total. The van der Waals surface area contributed by atoms with Crippen LogP contribution in [0.3, 0.4) is 0 Å². The van der Waals surface area contributed by atoms with Gasteiger partial charge in [-0.15, -0.1) is 0 Å². The van der Waals surface area contributed by atoms with Gasteiger partial charge in [0.2, 0.25) is 0 Å². The lowest BCUT2D eigenvalue weighted by Crippen LogP contribution is -2.43. The lowest BCUT2D eigenvalue weighted by Gasteiger charge is -2.38. The molecule has 0 saturated heterocycles. The normalized spacial score (nSPS) is 16.4. The molecule has 154 valence electrons. The van der Waals surface area contributed by atoms with E-state index < -0.39 is 17.9 Å². The van der Waals surface area contributed by atoms with E-state index in [1.54, 1.807) is 30.3 Å². The molecule has 1 amide bonds. The Balaban J connectivity index is 1.83. The van der Waals surface area contributed by atoms with Gasteiger partial charge in [-0.3, -0.25) is 9.69 Å². The van der Waals surface area contributed by atoms with E-state index in [1.165, 1.54) is 11.0 Å². The fourth-order valence-corrected chi connectivity index (χ4v) is 3.66. The van der Waals surface area contributed by atoms with E-state index >= 15 is 0 Å². The minimum absolute atomic E-state index is 0.260. The van der Waals surface area contributed by atoms with Crippen LogP contribution in [-0.2, 0) is 6.18 Å².